The summed E-state index contributed by atoms with van der Waals surface area (Å²) in [5, 5.41) is 2.77. The smallest absolute Gasteiger partial charge is 0.221 e. The lowest BCUT2D eigenvalue weighted by molar-refractivity contribution is -0.114. The first-order valence-corrected chi connectivity index (χ1v) is 10.1. The lowest BCUT2D eigenvalue weighted by Crippen LogP contribution is -2.49. The van der Waals surface area contributed by atoms with Gasteiger partial charge in [0, 0.05) is 36.1 Å². The van der Waals surface area contributed by atoms with Crippen LogP contribution in [0.3, 0.4) is 0 Å². The summed E-state index contributed by atoms with van der Waals surface area (Å²) in [5.74, 6) is -0.0759. The van der Waals surface area contributed by atoms with Crippen LogP contribution < -0.4 is 10.2 Å². The molecule has 1 amide bonds. The van der Waals surface area contributed by atoms with Gasteiger partial charge in [0.2, 0.25) is 5.91 Å². The highest BCUT2D eigenvalue weighted by atomic mass is 16.1. The van der Waals surface area contributed by atoms with Crippen molar-refractivity contribution in [3.8, 4) is 0 Å². The normalized spacial score (nSPS) is 15.4. The van der Waals surface area contributed by atoms with E-state index in [1.807, 2.05) is 30.5 Å². The molecule has 152 valence electrons. The van der Waals surface area contributed by atoms with E-state index in [0.717, 1.165) is 16.9 Å². The predicted molar refractivity (Wildman–Crippen MR) is 125 cm³/mol. The van der Waals surface area contributed by atoms with Gasteiger partial charge in [0.1, 0.15) is 0 Å². The first-order chi connectivity index (χ1) is 13.6. The number of nitrogens with zero attached hydrogens (tertiary/aromatic N) is 2. The van der Waals surface area contributed by atoms with Crippen LogP contribution in [-0.2, 0) is 4.79 Å². The minimum absolute atomic E-state index is 0.0110. The van der Waals surface area contributed by atoms with Crippen LogP contribution in [0.4, 0.5) is 17.1 Å². The van der Waals surface area contributed by atoms with Gasteiger partial charge >= 0.3 is 0 Å². The number of aryl methyl sites for hydroxylation is 1. The Balaban J connectivity index is 1.94. The summed E-state index contributed by atoms with van der Waals surface area (Å²) in [6.07, 6.45) is 4.28. The molecule has 29 heavy (non-hydrogen) atoms. The van der Waals surface area contributed by atoms with E-state index >= 15 is 0 Å². The van der Waals surface area contributed by atoms with Gasteiger partial charge in [-0.05, 0) is 94.6 Å². The second-order valence-electron chi connectivity index (χ2n) is 8.66. The average Bonchev–Trinajstić information content (AvgIpc) is 2.60. The molecule has 1 aliphatic heterocycles. The fourth-order valence-corrected chi connectivity index (χ4v) is 4.27. The molecule has 1 aliphatic rings. The Kier molecular flexibility index (Phi) is 5.65. The summed E-state index contributed by atoms with van der Waals surface area (Å²) in [4.78, 5) is 18.3. The number of benzene rings is 2. The summed E-state index contributed by atoms with van der Waals surface area (Å²) in [6, 6.07) is 12.5. The molecule has 0 bridgehead atoms. The van der Waals surface area contributed by atoms with Crippen LogP contribution in [0.15, 0.2) is 47.5 Å². The Hall–Kier alpha value is -2.88. The molecule has 0 radical (unpaired) electrons. The van der Waals surface area contributed by atoms with Crippen LogP contribution >= 0.6 is 0 Å². The van der Waals surface area contributed by atoms with Gasteiger partial charge in [-0.25, -0.2) is 0 Å². The van der Waals surface area contributed by atoms with Crippen molar-refractivity contribution >= 4 is 34.8 Å². The van der Waals surface area contributed by atoms with E-state index in [1.165, 1.54) is 29.3 Å². The van der Waals surface area contributed by atoms with E-state index < -0.39 is 0 Å². The van der Waals surface area contributed by atoms with Gasteiger partial charge in [0.05, 0.1) is 11.2 Å². The second-order valence-corrected chi connectivity index (χ2v) is 8.66. The van der Waals surface area contributed by atoms with Gasteiger partial charge in [0.15, 0.2) is 0 Å². The summed E-state index contributed by atoms with van der Waals surface area (Å²) in [5.41, 5.74) is 7.81. The predicted octanol–water partition coefficient (Wildman–Crippen LogP) is 6.11. The van der Waals surface area contributed by atoms with Crippen LogP contribution in [-0.4, -0.2) is 23.7 Å². The lowest BCUT2D eigenvalue weighted by Gasteiger charge is -2.46. The molecule has 2 aromatic carbocycles. The largest absolute Gasteiger partial charge is 0.360 e. The number of hydrogen-bond donors (Lipinski definition) is 1. The molecule has 1 heterocycles. The van der Waals surface area contributed by atoms with E-state index in [-0.39, 0.29) is 11.4 Å². The zero-order valence-corrected chi connectivity index (χ0v) is 18.5. The second kappa shape index (κ2) is 7.86. The van der Waals surface area contributed by atoms with Crippen molar-refractivity contribution in [1.82, 2.24) is 0 Å². The number of carbonyl (C=O) groups is 1. The molecular formula is C25H31N3O. The van der Waals surface area contributed by atoms with E-state index in [4.69, 9.17) is 0 Å². The van der Waals surface area contributed by atoms with Gasteiger partial charge in [-0.1, -0.05) is 6.08 Å². The van der Waals surface area contributed by atoms with Gasteiger partial charge in [-0.3, -0.25) is 9.79 Å². The monoisotopic (exact) mass is 389 g/mol. The highest BCUT2D eigenvalue weighted by Gasteiger charge is 2.33. The van der Waals surface area contributed by atoms with Crippen molar-refractivity contribution < 1.29 is 4.79 Å². The maximum atomic E-state index is 11.1. The summed E-state index contributed by atoms with van der Waals surface area (Å²) < 4.78 is 0. The lowest BCUT2D eigenvalue weighted by atomic mass is 9.86. The molecule has 0 spiro atoms. The Morgan fingerprint density at radius 2 is 1.79 bits per heavy atom. The van der Waals surface area contributed by atoms with Gasteiger partial charge < -0.3 is 10.2 Å². The fraction of sp³-hybridized carbons (Fsp3) is 0.360. The van der Waals surface area contributed by atoms with Crippen LogP contribution in [0.2, 0.25) is 0 Å². The van der Waals surface area contributed by atoms with Crippen molar-refractivity contribution in [2.75, 3.05) is 10.2 Å². The van der Waals surface area contributed by atoms with Crippen LogP contribution in [0.5, 0.6) is 0 Å². The van der Waals surface area contributed by atoms with Gasteiger partial charge in [0.25, 0.3) is 0 Å². The van der Waals surface area contributed by atoms with Crippen molar-refractivity contribution in [2.45, 2.75) is 60.0 Å². The number of rotatable bonds is 4. The third-order valence-electron chi connectivity index (χ3n) is 5.32. The molecule has 0 fully saturated rings. The number of hydrogen-bond acceptors (Lipinski definition) is 3. The molecule has 0 atom stereocenters. The standard InChI is InChI=1S/C25H31N3O/c1-16(2)28-24-12-17(3)20(13-23(24)18(4)14-25(28,6)7)15-26-21-8-10-22(11-9-21)27-19(5)29/h8-16H,1-7H3,(H,27,29). The van der Waals surface area contributed by atoms with Crippen molar-refractivity contribution in [3.63, 3.8) is 0 Å². The quantitative estimate of drug-likeness (QED) is 0.641. The van der Waals surface area contributed by atoms with E-state index in [2.05, 4.69) is 75.0 Å². The molecule has 1 N–H and O–H groups in total. The number of carbonyl (C=O) groups excluding carboxylic acids is 1. The summed E-state index contributed by atoms with van der Waals surface area (Å²) in [6.45, 7) is 14.9. The minimum atomic E-state index is -0.0759. The number of allylic oxidation sites excluding steroid dienone is 1. The molecule has 0 aliphatic carbocycles. The number of amides is 1. The maximum Gasteiger partial charge on any atom is 0.221 e. The van der Waals surface area contributed by atoms with Crippen molar-refractivity contribution in [1.29, 1.82) is 0 Å². The van der Waals surface area contributed by atoms with Crippen molar-refractivity contribution in [3.05, 3.63) is 59.2 Å². The average molecular weight is 390 g/mol. The third kappa shape index (κ3) is 4.42. The molecule has 4 heteroatoms. The maximum absolute atomic E-state index is 11.1. The number of fused-ring (bicyclic) bond motifs is 1. The van der Waals surface area contributed by atoms with Crippen molar-refractivity contribution in [2.24, 2.45) is 4.99 Å². The SMILES string of the molecule is CC(=O)Nc1ccc(N=Cc2cc3c(cc2C)N(C(C)C)C(C)(C)C=C3C)cc1. The van der Waals surface area contributed by atoms with E-state index in [9.17, 15) is 4.79 Å². The highest BCUT2D eigenvalue weighted by molar-refractivity contribution is 5.91. The van der Waals surface area contributed by atoms with E-state index in [0.29, 0.717) is 6.04 Å². The zero-order chi connectivity index (χ0) is 21.3. The first kappa shape index (κ1) is 20.8. The Morgan fingerprint density at radius 1 is 1.14 bits per heavy atom. The minimum Gasteiger partial charge on any atom is -0.360 e. The Labute approximate surface area is 174 Å². The van der Waals surface area contributed by atoms with Gasteiger partial charge in [-0.2, -0.15) is 0 Å². The molecule has 4 nitrogen and oxygen atoms in total. The zero-order valence-electron chi connectivity index (χ0n) is 18.5. The number of anilines is 2. The highest BCUT2D eigenvalue weighted by Crippen LogP contribution is 2.41. The molecule has 0 aromatic heterocycles. The molecule has 3 rings (SSSR count). The third-order valence-corrected chi connectivity index (χ3v) is 5.32. The Morgan fingerprint density at radius 3 is 2.38 bits per heavy atom. The molecule has 0 saturated carbocycles. The number of nitrogens with one attached hydrogen (secondary N) is 1. The Bertz CT molecular complexity index is 982. The topological polar surface area (TPSA) is 44.7 Å². The first-order valence-electron chi connectivity index (χ1n) is 10.1. The summed E-state index contributed by atoms with van der Waals surface area (Å²) >= 11 is 0. The number of aliphatic imine (C=N–C) groups is 1. The van der Waals surface area contributed by atoms with Gasteiger partial charge in [-0.15, -0.1) is 0 Å². The van der Waals surface area contributed by atoms with E-state index in [1.54, 1.807) is 0 Å². The summed E-state index contributed by atoms with van der Waals surface area (Å²) in [7, 11) is 0. The molecule has 0 unspecified atom stereocenters. The molecule has 0 saturated heterocycles. The van der Waals surface area contributed by atoms with Crippen LogP contribution in [0.25, 0.3) is 5.57 Å². The van der Waals surface area contributed by atoms with Crippen LogP contribution in [0, 0.1) is 6.92 Å². The molecule has 2 aromatic rings. The fourth-order valence-electron chi connectivity index (χ4n) is 4.27. The molecular weight excluding hydrogens is 358 g/mol. The van der Waals surface area contributed by atoms with Crippen LogP contribution in [0.1, 0.15) is 58.2 Å².